The molecule has 1 aromatic heterocycles. The molecule has 1 aromatic rings. The maximum atomic E-state index is 11.8. The first-order chi connectivity index (χ1) is 9.13. The summed E-state index contributed by atoms with van der Waals surface area (Å²) in [6, 6.07) is 0. The topological polar surface area (TPSA) is 103 Å². The first kappa shape index (κ1) is 13.8. The van der Waals surface area contributed by atoms with E-state index >= 15 is 0 Å². The maximum absolute atomic E-state index is 11.8. The van der Waals surface area contributed by atoms with Gasteiger partial charge in [-0.1, -0.05) is 11.8 Å². The summed E-state index contributed by atoms with van der Waals surface area (Å²) in [5.74, 6) is 0.589. The zero-order valence-corrected chi connectivity index (χ0v) is 11.4. The van der Waals surface area contributed by atoms with E-state index in [0.29, 0.717) is 24.8 Å². The van der Waals surface area contributed by atoms with E-state index < -0.39 is 6.09 Å². The second kappa shape index (κ2) is 6.02. The van der Waals surface area contributed by atoms with E-state index in [2.05, 4.69) is 10.2 Å². The summed E-state index contributed by atoms with van der Waals surface area (Å²) in [6.07, 6.45) is -0.579. The van der Waals surface area contributed by atoms with Gasteiger partial charge in [0, 0.05) is 13.1 Å². The molecule has 2 N–H and O–H groups in total. The van der Waals surface area contributed by atoms with Crippen molar-refractivity contribution in [2.75, 3.05) is 25.4 Å². The van der Waals surface area contributed by atoms with Gasteiger partial charge in [0.1, 0.15) is 12.4 Å². The van der Waals surface area contributed by atoms with Crippen LogP contribution in [-0.4, -0.2) is 57.1 Å². The van der Waals surface area contributed by atoms with Gasteiger partial charge in [0.05, 0.1) is 12.3 Å². The highest BCUT2D eigenvalue weighted by molar-refractivity contribution is 7.99. The van der Waals surface area contributed by atoms with Crippen molar-refractivity contribution in [1.29, 1.82) is 0 Å². The fourth-order valence-electron chi connectivity index (χ4n) is 1.68. The number of nitrogens with zero attached hydrogens (tertiary/aromatic N) is 4. The van der Waals surface area contributed by atoms with E-state index in [1.54, 1.807) is 0 Å². The number of carbonyl (C=O) groups is 2. The zero-order valence-electron chi connectivity index (χ0n) is 10.5. The first-order valence-corrected chi connectivity index (χ1v) is 6.82. The van der Waals surface area contributed by atoms with Crippen LogP contribution >= 0.6 is 11.8 Å². The van der Waals surface area contributed by atoms with Crippen molar-refractivity contribution in [3.8, 4) is 0 Å². The van der Waals surface area contributed by atoms with Gasteiger partial charge in [0.15, 0.2) is 5.16 Å². The van der Waals surface area contributed by atoms with Crippen molar-refractivity contribution >= 4 is 23.8 Å². The number of amides is 2. The molecule has 2 amide bonds. The Balaban J connectivity index is 1.95. The molecule has 0 aromatic carbocycles. The molecule has 0 unspecified atom stereocenters. The number of aryl methyl sites for hydroxylation is 1. The molecule has 0 saturated carbocycles. The van der Waals surface area contributed by atoms with Crippen LogP contribution in [0.1, 0.15) is 5.82 Å². The molecule has 0 spiro atoms. The van der Waals surface area contributed by atoms with Crippen molar-refractivity contribution in [2.45, 2.75) is 18.6 Å². The van der Waals surface area contributed by atoms with Crippen molar-refractivity contribution in [3.63, 3.8) is 0 Å². The summed E-state index contributed by atoms with van der Waals surface area (Å²) in [5.41, 5.74) is 5.51. The van der Waals surface area contributed by atoms with Crippen molar-refractivity contribution in [1.82, 2.24) is 19.7 Å². The Bertz CT molecular complexity index is 490. The van der Waals surface area contributed by atoms with Crippen LogP contribution in [0.2, 0.25) is 0 Å². The van der Waals surface area contributed by atoms with Crippen molar-refractivity contribution < 1.29 is 14.3 Å². The summed E-state index contributed by atoms with van der Waals surface area (Å²) in [5, 5.41) is 8.56. The van der Waals surface area contributed by atoms with Gasteiger partial charge >= 0.3 is 6.09 Å². The fraction of sp³-hybridized carbons (Fsp3) is 0.600. The minimum atomic E-state index is -0.579. The van der Waals surface area contributed by atoms with Crippen LogP contribution in [0.4, 0.5) is 4.79 Å². The number of carbonyl (C=O) groups excluding carboxylic acids is 2. The lowest BCUT2D eigenvalue weighted by molar-refractivity contribution is -0.125. The first-order valence-electron chi connectivity index (χ1n) is 5.83. The van der Waals surface area contributed by atoms with E-state index in [9.17, 15) is 9.59 Å². The Hall–Kier alpha value is -1.61. The predicted octanol–water partition coefficient (Wildman–Crippen LogP) is -0.384. The molecule has 1 aliphatic rings. The summed E-state index contributed by atoms with van der Waals surface area (Å²) >= 11 is 1.24. The summed E-state index contributed by atoms with van der Waals surface area (Å²) in [4.78, 5) is 24.2. The van der Waals surface area contributed by atoms with Gasteiger partial charge in [-0.2, -0.15) is 0 Å². The predicted molar refractivity (Wildman–Crippen MR) is 67.6 cm³/mol. The quantitative estimate of drug-likeness (QED) is 0.735. The molecule has 0 atom stereocenters. The van der Waals surface area contributed by atoms with Crippen molar-refractivity contribution in [3.05, 3.63) is 5.82 Å². The van der Waals surface area contributed by atoms with Gasteiger partial charge in [0.25, 0.3) is 0 Å². The van der Waals surface area contributed by atoms with Gasteiger partial charge in [-0.25, -0.2) is 9.69 Å². The average molecular weight is 285 g/mol. The largest absolute Gasteiger partial charge is 0.447 e. The Morgan fingerprint density at radius 3 is 2.95 bits per heavy atom. The highest BCUT2D eigenvalue weighted by Gasteiger charge is 2.28. The third kappa shape index (κ3) is 3.04. The molecule has 2 rings (SSSR count). The fourth-order valence-corrected chi connectivity index (χ4v) is 2.57. The Kier molecular flexibility index (Phi) is 4.38. The molecule has 104 valence electrons. The normalized spacial score (nSPS) is 14.8. The van der Waals surface area contributed by atoms with Crippen molar-refractivity contribution in [2.24, 2.45) is 5.73 Å². The molecular formula is C10H15N5O3S. The van der Waals surface area contributed by atoms with Gasteiger partial charge in [-0.3, -0.25) is 4.79 Å². The van der Waals surface area contributed by atoms with Gasteiger partial charge in [-0.05, 0) is 6.92 Å². The summed E-state index contributed by atoms with van der Waals surface area (Å²) in [6.45, 7) is 3.47. The second-order valence-electron chi connectivity index (χ2n) is 3.92. The van der Waals surface area contributed by atoms with E-state index in [1.807, 2.05) is 11.5 Å². The summed E-state index contributed by atoms with van der Waals surface area (Å²) < 4.78 is 6.56. The molecule has 1 saturated heterocycles. The molecule has 0 aliphatic carbocycles. The molecule has 2 heterocycles. The zero-order chi connectivity index (χ0) is 13.8. The molecule has 0 bridgehead atoms. The lowest BCUT2D eigenvalue weighted by Crippen LogP contribution is -2.33. The number of imide groups is 1. The number of hydrogen-bond acceptors (Lipinski definition) is 7. The van der Waals surface area contributed by atoms with E-state index in [-0.39, 0.29) is 18.3 Å². The van der Waals surface area contributed by atoms with E-state index in [0.717, 1.165) is 10.7 Å². The Morgan fingerprint density at radius 2 is 2.32 bits per heavy atom. The monoisotopic (exact) mass is 285 g/mol. The van der Waals surface area contributed by atoms with Gasteiger partial charge in [-0.15, -0.1) is 10.2 Å². The van der Waals surface area contributed by atoms with Crippen LogP contribution < -0.4 is 5.73 Å². The van der Waals surface area contributed by atoms with Gasteiger partial charge in [0.2, 0.25) is 5.91 Å². The smallest absolute Gasteiger partial charge is 0.416 e. The molecule has 1 aliphatic heterocycles. The third-order valence-electron chi connectivity index (χ3n) is 2.64. The second-order valence-corrected chi connectivity index (χ2v) is 4.86. The lowest BCUT2D eigenvalue weighted by Gasteiger charge is -2.10. The number of nitrogens with two attached hydrogens (primary N) is 1. The summed E-state index contributed by atoms with van der Waals surface area (Å²) in [7, 11) is 0. The lowest BCUT2D eigenvalue weighted by atomic mass is 10.5. The highest BCUT2D eigenvalue weighted by atomic mass is 32.2. The maximum Gasteiger partial charge on any atom is 0.416 e. The SMILES string of the molecule is Cc1nnc(SCC(=O)N2CCOC2=O)n1CCN. The molecular weight excluding hydrogens is 270 g/mol. The molecule has 9 heteroatoms. The van der Waals surface area contributed by atoms with E-state index in [1.165, 1.54) is 11.8 Å². The molecule has 0 radical (unpaired) electrons. The van der Waals surface area contributed by atoms with Gasteiger partial charge < -0.3 is 15.0 Å². The minimum Gasteiger partial charge on any atom is -0.447 e. The molecule has 1 fully saturated rings. The minimum absolute atomic E-state index is 0.123. The van der Waals surface area contributed by atoms with E-state index in [4.69, 9.17) is 10.5 Å². The molecule has 19 heavy (non-hydrogen) atoms. The average Bonchev–Trinajstić information content (AvgIpc) is 2.95. The number of ether oxygens (including phenoxy) is 1. The number of cyclic esters (lactones) is 1. The Morgan fingerprint density at radius 1 is 1.53 bits per heavy atom. The molecule has 8 nitrogen and oxygen atoms in total. The van der Waals surface area contributed by atoms with Crippen LogP contribution in [-0.2, 0) is 16.1 Å². The number of aromatic nitrogens is 3. The number of rotatable bonds is 5. The van der Waals surface area contributed by atoms with Crippen LogP contribution in [0.3, 0.4) is 0 Å². The number of thioether (sulfide) groups is 1. The number of hydrogen-bond donors (Lipinski definition) is 1. The van der Waals surface area contributed by atoms with Crippen LogP contribution in [0.5, 0.6) is 0 Å². The third-order valence-corrected chi connectivity index (χ3v) is 3.59. The standard InChI is InChI=1S/C10H15N5O3S/c1-7-12-13-9(14(7)3-2-11)19-6-8(16)15-4-5-18-10(15)17/h2-6,11H2,1H3. The van der Waals surface area contributed by atoms with Crippen LogP contribution in [0.15, 0.2) is 5.16 Å². The van der Waals surface area contributed by atoms with Crippen LogP contribution in [0.25, 0.3) is 0 Å². The van der Waals surface area contributed by atoms with Crippen LogP contribution in [0, 0.1) is 6.92 Å². The Labute approximate surface area is 114 Å². The highest BCUT2D eigenvalue weighted by Crippen LogP contribution is 2.18.